The zero-order chi connectivity index (χ0) is 12.3. The summed E-state index contributed by atoms with van der Waals surface area (Å²) in [7, 11) is 0. The molecule has 0 aromatic carbocycles. The second-order valence-corrected chi connectivity index (χ2v) is 5.39. The van der Waals surface area contributed by atoms with E-state index in [2.05, 4.69) is 14.9 Å². The Balaban J connectivity index is 2.18. The van der Waals surface area contributed by atoms with E-state index in [-0.39, 0.29) is 0 Å². The van der Waals surface area contributed by atoms with Crippen LogP contribution >= 0.6 is 23.4 Å². The molecular formula is C11H17ClN4S. The smallest absolute Gasteiger partial charge is 0.190 e. The van der Waals surface area contributed by atoms with Crippen LogP contribution in [-0.2, 0) is 0 Å². The fourth-order valence-corrected chi connectivity index (χ4v) is 2.71. The fraction of sp³-hybridized carbons (Fsp3) is 0.636. The average Bonchev–Trinajstić information content (AvgIpc) is 2.38. The maximum absolute atomic E-state index is 6.00. The van der Waals surface area contributed by atoms with Gasteiger partial charge in [-0.2, -0.15) is 0 Å². The number of aromatic nitrogens is 2. The summed E-state index contributed by atoms with van der Waals surface area (Å²) >= 11 is 7.51. The minimum absolute atomic E-state index is 0.509. The first kappa shape index (κ1) is 12.9. The van der Waals surface area contributed by atoms with E-state index in [9.17, 15) is 0 Å². The van der Waals surface area contributed by atoms with Crippen molar-refractivity contribution in [3.05, 3.63) is 11.2 Å². The van der Waals surface area contributed by atoms with Gasteiger partial charge in [0.1, 0.15) is 11.0 Å². The van der Waals surface area contributed by atoms with E-state index in [1.54, 1.807) is 0 Å². The molecule has 1 aromatic rings. The Kier molecular flexibility index (Phi) is 4.48. The van der Waals surface area contributed by atoms with Crippen LogP contribution in [0.4, 0.5) is 5.82 Å². The highest BCUT2D eigenvalue weighted by molar-refractivity contribution is 7.98. The van der Waals surface area contributed by atoms with Gasteiger partial charge in [-0.15, -0.1) is 0 Å². The highest BCUT2D eigenvalue weighted by atomic mass is 35.5. The molecule has 17 heavy (non-hydrogen) atoms. The summed E-state index contributed by atoms with van der Waals surface area (Å²) in [6.45, 7) is 2.74. The van der Waals surface area contributed by atoms with Gasteiger partial charge in [-0.05, 0) is 31.6 Å². The van der Waals surface area contributed by atoms with Crippen LogP contribution in [0.15, 0.2) is 11.2 Å². The first-order chi connectivity index (χ1) is 8.22. The molecule has 1 aromatic heterocycles. The van der Waals surface area contributed by atoms with Crippen molar-refractivity contribution in [3.63, 3.8) is 0 Å². The molecule has 1 aliphatic heterocycles. The van der Waals surface area contributed by atoms with Crippen molar-refractivity contribution in [3.8, 4) is 0 Å². The van der Waals surface area contributed by atoms with Crippen molar-refractivity contribution >= 4 is 29.2 Å². The van der Waals surface area contributed by atoms with Crippen molar-refractivity contribution in [1.29, 1.82) is 0 Å². The van der Waals surface area contributed by atoms with Crippen LogP contribution in [0, 0.1) is 5.92 Å². The van der Waals surface area contributed by atoms with Crippen molar-refractivity contribution in [2.45, 2.75) is 18.0 Å². The largest absolute Gasteiger partial charge is 0.356 e. The number of thioether (sulfide) groups is 1. The Hall–Kier alpha value is -0.520. The van der Waals surface area contributed by atoms with E-state index in [1.165, 1.54) is 18.2 Å². The van der Waals surface area contributed by atoms with Gasteiger partial charge < -0.3 is 10.6 Å². The zero-order valence-electron chi connectivity index (χ0n) is 9.90. The van der Waals surface area contributed by atoms with Gasteiger partial charge in [-0.1, -0.05) is 23.4 Å². The summed E-state index contributed by atoms with van der Waals surface area (Å²) < 4.78 is 0. The molecule has 1 saturated heterocycles. The summed E-state index contributed by atoms with van der Waals surface area (Å²) in [6.07, 6.45) is 4.33. The predicted octanol–water partition coefficient (Wildman–Crippen LogP) is 2.03. The van der Waals surface area contributed by atoms with Crippen molar-refractivity contribution < 1.29 is 0 Å². The van der Waals surface area contributed by atoms with E-state index in [0.717, 1.165) is 37.0 Å². The molecule has 6 heteroatoms. The second-order valence-electron chi connectivity index (χ2n) is 4.23. The van der Waals surface area contributed by atoms with Crippen LogP contribution in [0.2, 0.25) is 5.15 Å². The molecule has 0 spiro atoms. The van der Waals surface area contributed by atoms with Gasteiger partial charge in [0.2, 0.25) is 0 Å². The topological polar surface area (TPSA) is 55.0 Å². The number of rotatable bonds is 3. The van der Waals surface area contributed by atoms with E-state index in [4.69, 9.17) is 17.3 Å². The molecule has 2 N–H and O–H groups in total. The lowest BCUT2D eigenvalue weighted by atomic mass is 9.98. The predicted molar refractivity (Wildman–Crippen MR) is 72.8 cm³/mol. The van der Waals surface area contributed by atoms with Gasteiger partial charge in [0, 0.05) is 19.2 Å². The number of piperidine rings is 1. The molecule has 2 heterocycles. The Morgan fingerprint density at radius 2 is 2.41 bits per heavy atom. The highest BCUT2D eigenvalue weighted by Gasteiger charge is 2.20. The van der Waals surface area contributed by atoms with E-state index in [1.807, 2.05) is 12.3 Å². The maximum Gasteiger partial charge on any atom is 0.190 e. The molecule has 1 fully saturated rings. The van der Waals surface area contributed by atoms with Crippen LogP contribution in [0.1, 0.15) is 12.8 Å². The van der Waals surface area contributed by atoms with E-state index >= 15 is 0 Å². The van der Waals surface area contributed by atoms with Crippen LogP contribution in [0.5, 0.6) is 0 Å². The number of nitrogens with two attached hydrogens (primary N) is 1. The third kappa shape index (κ3) is 3.24. The average molecular weight is 273 g/mol. The summed E-state index contributed by atoms with van der Waals surface area (Å²) in [5.41, 5.74) is 5.74. The standard InChI is InChI=1S/C11H17ClN4S/c1-17-11-14-9(12)5-10(15-11)16-4-2-3-8(6-13)7-16/h5,8H,2-4,6-7,13H2,1H3/t8-/m1/s1. The second kappa shape index (κ2) is 5.89. The van der Waals surface area contributed by atoms with Crippen LogP contribution < -0.4 is 10.6 Å². The number of hydrogen-bond donors (Lipinski definition) is 1. The SMILES string of the molecule is CSc1nc(Cl)cc(N2CCC[C@H](CN)C2)n1. The van der Waals surface area contributed by atoms with Crippen molar-refractivity contribution in [1.82, 2.24) is 9.97 Å². The Morgan fingerprint density at radius 3 is 3.12 bits per heavy atom. The quantitative estimate of drug-likeness (QED) is 0.518. The minimum atomic E-state index is 0.509. The third-order valence-electron chi connectivity index (χ3n) is 3.02. The highest BCUT2D eigenvalue weighted by Crippen LogP contribution is 2.24. The number of nitrogens with zero attached hydrogens (tertiary/aromatic N) is 3. The summed E-state index contributed by atoms with van der Waals surface area (Å²) in [4.78, 5) is 10.9. The molecule has 2 rings (SSSR count). The van der Waals surface area contributed by atoms with Crippen molar-refractivity contribution in [2.75, 3.05) is 30.8 Å². The number of hydrogen-bond acceptors (Lipinski definition) is 5. The molecule has 0 saturated carbocycles. The molecular weight excluding hydrogens is 256 g/mol. The normalized spacial score (nSPS) is 20.6. The van der Waals surface area contributed by atoms with E-state index < -0.39 is 0 Å². The molecule has 4 nitrogen and oxygen atoms in total. The molecule has 0 unspecified atom stereocenters. The summed E-state index contributed by atoms with van der Waals surface area (Å²) in [5, 5.41) is 1.23. The summed E-state index contributed by atoms with van der Waals surface area (Å²) in [5.74, 6) is 1.49. The monoisotopic (exact) mass is 272 g/mol. The molecule has 94 valence electrons. The lowest BCUT2D eigenvalue weighted by Crippen LogP contribution is -2.38. The Bertz CT molecular complexity index is 388. The lowest BCUT2D eigenvalue weighted by molar-refractivity contribution is 0.421. The van der Waals surface area contributed by atoms with Gasteiger partial charge in [-0.3, -0.25) is 0 Å². The molecule has 0 bridgehead atoms. The van der Waals surface area contributed by atoms with Crippen LogP contribution in [-0.4, -0.2) is 35.9 Å². The van der Waals surface area contributed by atoms with Crippen LogP contribution in [0.25, 0.3) is 0 Å². The van der Waals surface area contributed by atoms with E-state index in [0.29, 0.717) is 11.1 Å². The zero-order valence-corrected chi connectivity index (χ0v) is 11.5. The van der Waals surface area contributed by atoms with Gasteiger partial charge in [0.05, 0.1) is 0 Å². The Morgan fingerprint density at radius 1 is 1.59 bits per heavy atom. The van der Waals surface area contributed by atoms with Crippen molar-refractivity contribution in [2.24, 2.45) is 11.7 Å². The Labute approximate surface area is 111 Å². The maximum atomic E-state index is 6.00. The first-order valence-electron chi connectivity index (χ1n) is 5.76. The molecule has 1 aliphatic rings. The van der Waals surface area contributed by atoms with Crippen LogP contribution in [0.3, 0.4) is 0 Å². The summed E-state index contributed by atoms with van der Waals surface area (Å²) in [6, 6.07) is 1.83. The molecule has 0 radical (unpaired) electrons. The molecule has 0 aliphatic carbocycles. The lowest BCUT2D eigenvalue weighted by Gasteiger charge is -2.33. The first-order valence-corrected chi connectivity index (χ1v) is 7.36. The van der Waals surface area contributed by atoms with Gasteiger partial charge >= 0.3 is 0 Å². The molecule has 0 amide bonds. The van der Waals surface area contributed by atoms with Gasteiger partial charge in [-0.25, -0.2) is 9.97 Å². The minimum Gasteiger partial charge on any atom is -0.356 e. The third-order valence-corrected chi connectivity index (χ3v) is 3.76. The molecule has 1 atom stereocenters. The van der Waals surface area contributed by atoms with Gasteiger partial charge in [0.25, 0.3) is 0 Å². The number of halogens is 1. The fourth-order valence-electron chi connectivity index (χ4n) is 2.10. The van der Waals surface area contributed by atoms with Gasteiger partial charge in [0.15, 0.2) is 5.16 Å². The number of anilines is 1.